The van der Waals surface area contributed by atoms with Gasteiger partial charge in [0.1, 0.15) is 10.8 Å². The molecule has 0 saturated heterocycles. The van der Waals surface area contributed by atoms with Crippen molar-refractivity contribution in [2.24, 2.45) is 32.5 Å². The number of carbonyl (C=O) groups is 6. The van der Waals surface area contributed by atoms with E-state index in [-0.39, 0.29) is 33.0 Å². The van der Waals surface area contributed by atoms with Crippen molar-refractivity contribution in [3.8, 4) is 0 Å². The normalized spacial score (nSPS) is 28.4. The summed E-state index contributed by atoms with van der Waals surface area (Å²) in [6.07, 6.45) is -17.3. The van der Waals surface area contributed by atoms with Gasteiger partial charge in [-0.15, -0.1) is 0 Å². The molecular formula is C28H30F14Ni2O10. The van der Waals surface area contributed by atoms with E-state index in [1.165, 1.54) is 0 Å². The van der Waals surface area contributed by atoms with Crippen LogP contribution in [-0.2, 0) is 61.8 Å². The Labute approximate surface area is 314 Å². The van der Waals surface area contributed by atoms with Gasteiger partial charge in [-0.3, -0.25) is 28.8 Å². The van der Waals surface area contributed by atoms with Crippen LogP contribution in [0.3, 0.4) is 0 Å². The zero-order valence-electron chi connectivity index (χ0n) is 28.0. The summed E-state index contributed by atoms with van der Waals surface area (Å²) in [5.41, 5.74) is -16.0. The second kappa shape index (κ2) is 14.6. The quantitative estimate of drug-likeness (QED) is 0.104. The number of carboxylic acids is 4. The first-order valence-corrected chi connectivity index (χ1v) is 14.2. The van der Waals surface area contributed by atoms with Crippen LogP contribution in [0.5, 0.6) is 0 Å². The van der Waals surface area contributed by atoms with Crippen LogP contribution < -0.4 is 0 Å². The molecule has 26 heteroatoms. The molecule has 0 bridgehead atoms. The van der Waals surface area contributed by atoms with Crippen LogP contribution >= 0.6 is 0 Å². The Morgan fingerprint density at radius 2 is 0.611 bits per heavy atom. The number of rotatable bonds is 10. The molecule has 2 rings (SSSR count). The van der Waals surface area contributed by atoms with Crippen LogP contribution in [0.2, 0.25) is 0 Å². The van der Waals surface area contributed by atoms with Gasteiger partial charge in [-0.05, 0) is 39.5 Å². The molecule has 0 aromatic carbocycles. The van der Waals surface area contributed by atoms with Crippen molar-refractivity contribution in [2.75, 3.05) is 0 Å². The Kier molecular flexibility index (Phi) is 14.4. The van der Waals surface area contributed by atoms with E-state index in [0.717, 1.165) is 41.5 Å². The maximum absolute atomic E-state index is 13.9. The molecule has 320 valence electrons. The molecule has 2 fully saturated rings. The molecule has 0 spiro atoms. The summed E-state index contributed by atoms with van der Waals surface area (Å²) in [6, 6.07) is 0. The first-order chi connectivity index (χ1) is 22.5. The van der Waals surface area contributed by atoms with Crippen LogP contribution in [0.15, 0.2) is 0 Å². The maximum atomic E-state index is 13.9. The molecule has 2 aliphatic rings. The molecule has 10 nitrogen and oxygen atoms in total. The Hall–Kier alpha value is -2.77. The average Bonchev–Trinajstić information content (AvgIpc) is 3.31. The van der Waals surface area contributed by atoms with Crippen molar-refractivity contribution in [1.82, 2.24) is 0 Å². The van der Waals surface area contributed by atoms with Crippen molar-refractivity contribution in [1.29, 1.82) is 0 Å². The van der Waals surface area contributed by atoms with E-state index in [0.29, 0.717) is 0 Å². The van der Waals surface area contributed by atoms with E-state index in [1.54, 1.807) is 0 Å². The summed E-state index contributed by atoms with van der Waals surface area (Å²) < 4.78 is 183. The van der Waals surface area contributed by atoms with E-state index in [1.807, 2.05) is 0 Å². The number of hydrogen-bond donors (Lipinski definition) is 4. The summed E-state index contributed by atoms with van der Waals surface area (Å²) >= 11 is 0. The van der Waals surface area contributed by atoms with Crippen LogP contribution in [0.1, 0.15) is 67.2 Å². The van der Waals surface area contributed by atoms with Crippen LogP contribution in [0.4, 0.5) is 61.5 Å². The van der Waals surface area contributed by atoms with E-state index < -0.39 is 130 Å². The summed E-state index contributed by atoms with van der Waals surface area (Å²) in [6.45, 7) is 4.88. The number of carbonyl (C=O) groups excluding carboxylic acids is 2. The first kappa shape index (κ1) is 53.3. The predicted molar refractivity (Wildman–Crippen MR) is 140 cm³/mol. The molecule has 0 amide bonds. The van der Waals surface area contributed by atoms with Gasteiger partial charge in [0.2, 0.25) is 11.6 Å². The van der Waals surface area contributed by atoms with Gasteiger partial charge in [0, 0.05) is 43.8 Å². The van der Waals surface area contributed by atoms with E-state index in [2.05, 4.69) is 0 Å². The SMILES string of the molecule is CC1(C)C(C(=O)O)(C(=O)C(F)(F)C(F)(F)C(F)(F)F)CC[C@]1(C)C(=O)O.CC1(C)C(C(=O)O)(C(=O)C(F)(F)C(F)(F)C(F)(F)F)CC[C@]1(C)C(=O)O.[Ni].[Ni]. The number of hydrogen-bond acceptors (Lipinski definition) is 6. The Morgan fingerprint density at radius 1 is 0.407 bits per heavy atom. The third-order valence-corrected chi connectivity index (χ3v) is 11.4. The number of Topliss-reactive ketones (excluding diaryl/α,β-unsaturated/α-hetero) is 2. The monoisotopic (exact) mass is 908 g/mol. The van der Waals surface area contributed by atoms with Crippen molar-refractivity contribution < 1.29 is 144 Å². The van der Waals surface area contributed by atoms with Gasteiger partial charge < -0.3 is 20.4 Å². The van der Waals surface area contributed by atoms with Crippen LogP contribution in [-0.4, -0.2) is 91.9 Å². The second-order valence-electron chi connectivity index (χ2n) is 13.9. The van der Waals surface area contributed by atoms with Crippen molar-refractivity contribution in [3.05, 3.63) is 0 Å². The molecule has 2 aliphatic carbocycles. The number of ketones is 2. The van der Waals surface area contributed by atoms with E-state index in [9.17, 15) is 111 Å². The summed E-state index contributed by atoms with van der Waals surface area (Å²) in [7, 11) is 0. The van der Waals surface area contributed by atoms with E-state index >= 15 is 0 Å². The minimum Gasteiger partial charge on any atom is -0.481 e. The molecule has 54 heavy (non-hydrogen) atoms. The first-order valence-electron chi connectivity index (χ1n) is 14.2. The summed E-state index contributed by atoms with van der Waals surface area (Å²) in [5, 5.41) is 37.2. The number of alkyl halides is 14. The fourth-order valence-corrected chi connectivity index (χ4v) is 6.73. The van der Waals surface area contributed by atoms with Gasteiger partial charge in [-0.1, -0.05) is 27.7 Å². The van der Waals surface area contributed by atoms with Gasteiger partial charge >= 0.3 is 59.9 Å². The average molecular weight is 910 g/mol. The largest absolute Gasteiger partial charge is 0.481 e. The Morgan fingerprint density at radius 3 is 0.741 bits per heavy atom. The molecule has 2 unspecified atom stereocenters. The Balaban J connectivity index is 0. The van der Waals surface area contributed by atoms with Gasteiger partial charge in [-0.25, -0.2) is 0 Å². The minimum absolute atomic E-state index is 0. The molecule has 0 aromatic heterocycles. The van der Waals surface area contributed by atoms with Crippen molar-refractivity contribution in [2.45, 2.75) is 103 Å². The molecule has 4 atom stereocenters. The predicted octanol–water partition coefficient (Wildman–Crippen LogP) is 6.74. The molecule has 0 aromatic rings. The minimum atomic E-state index is -6.84. The third-order valence-electron chi connectivity index (χ3n) is 11.4. The second-order valence-corrected chi connectivity index (χ2v) is 13.9. The molecule has 4 N–H and O–H groups in total. The zero-order valence-corrected chi connectivity index (χ0v) is 30.0. The summed E-state index contributed by atoms with van der Waals surface area (Å²) in [4.78, 5) is 70.5. The van der Waals surface area contributed by atoms with Crippen molar-refractivity contribution >= 4 is 35.4 Å². The molecule has 0 aliphatic heterocycles. The van der Waals surface area contributed by atoms with Gasteiger partial charge in [0.05, 0.1) is 10.8 Å². The topological polar surface area (TPSA) is 183 Å². The zero-order chi connectivity index (χ0) is 42.3. The molecular weight excluding hydrogens is 880 g/mol. The number of halogens is 14. The van der Waals surface area contributed by atoms with Gasteiger partial charge in [0.15, 0.2) is 0 Å². The van der Waals surface area contributed by atoms with Crippen LogP contribution in [0, 0.1) is 32.5 Å². The fourth-order valence-electron chi connectivity index (χ4n) is 6.73. The summed E-state index contributed by atoms with van der Waals surface area (Å²) in [5.74, 6) is -41.0. The number of aliphatic carboxylic acids is 4. The molecule has 0 heterocycles. The van der Waals surface area contributed by atoms with Crippen LogP contribution in [0.25, 0.3) is 0 Å². The maximum Gasteiger partial charge on any atom is 0.460 e. The third kappa shape index (κ3) is 6.65. The molecule has 2 saturated carbocycles. The number of carboxylic acid groups (broad SMARTS) is 4. The Bertz CT molecular complexity index is 1430. The van der Waals surface area contributed by atoms with Gasteiger partial charge in [-0.2, -0.15) is 61.5 Å². The van der Waals surface area contributed by atoms with Gasteiger partial charge in [0.25, 0.3) is 0 Å². The molecule has 0 radical (unpaired) electrons. The smallest absolute Gasteiger partial charge is 0.460 e. The fraction of sp³-hybridized carbons (Fsp3) is 0.786. The standard InChI is InChI=1S/2C14H15F7O5.2Ni/c2*1-9(2)10(3,7(23)24)4-5-11(9,8(25)26)6(22)12(15,16)13(17,18)14(19,20)21;;/h2*4-5H2,1-3H3,(H,23,24)(H,25,26);;/t2*10-,11?;;/m11../s1. The van der Waals surface area contributed by atoms with Crippen molar-refractivity contribution in [3.63, 3.8) is 0 Å². The van der Waals surface area contributed by atoms with E-state index in [4.69, 9.17) is 0 Å².